The summed E-state index contributed by atoms with van der Waals surface area (Å²) in [5.74, 6) is -5.10. The summed E-state index contributed by atoms with van der Waals surface area (Å²) in [5.41, 5.74) is 2.53. The highest BCUT2D eigenvalue weighted by Gasteiger charge is 2.69. The number of benzene rings is 1. The lowest BCUT2D eigenvalue weighted by Crippen LogP contribution is -2.67. The summed E-state index contributed by atoms with van der Waals surface area (Å²) in [4.78, 5) is 63.9. The molecule has 3 aliphatic rings. The fourth-order valence-corrected chi connectivity index (χ4v) is 6.68. The highest BCUT2D eigenvalue weighted by atomic mass is 16.6. The third-order valence-electron chi connectivity index (χ3n) is 8.71. The summed E-state index contributed by atoms with van der Waals surface area (Å²) in [6, 6.07) is 3.88. The molecule has 1 aliphatic heterocycles. The Morgan fingerprint density at radius 3 is 2.24 bits per heavy atom. The van der Waals surface area contributed by atoms with Gasteiger partial charge in [-0.25, -0.2) is 4.79 Å². The number of ether oxygens (including phenoxy) is 5. The molecule has 0 bridgehead atoms. The van der Waals surface area contributed by atoms with Gasteiger partial charge in [-0.15, -0.1) is 0 Å². The van der Waals surface area contributed by atoms with Crippen LogP contribution in [0.3, 0.4) is 0 Å². The maximum atomic E-state index is 13.7. The highest BCUT2D eigenvalue weighted by molar-refractivity contribution is 5.89. The van der Waals surface area contributed by atoms with Crippen LogP contribution in [0, 0.1) is 37.0 Å². The molecule has 1 aromatic carbocycles. The molecule has 1 saturated heterocycles. The third-order valence-corrected chi connectivity index (χ3v) is 8.71. The van der Waals surface area contributed by atoms with Crippen LogP contribution >= 0.6 is 0 Å². The summed E-state index contributed by atoms with van der Waals surface area (Å²) in [6.45, 7) is 12.6. The van der Waals surface area contributed by atoms with Crippen LogP contribution in [0.15, 0.2) is 17.9 Å². The van der Waals surface area contributed by atoms with E-state index in [1.807, 2.05) is 32.9 Å². The summed E-state index contributed by atoms with van der Waals surface area (Å²) in [5, 5.41) is 0. The Kier molecular flexibility index (Phi) is 8.34. The molecule has 0 N–H and O–H groups in total. The van der Waals surface area contributed by atoms with Gasteiger partial charge in [0, 0.05) is 44.6 Å². The number of aryl methyl sites for hydroxylation is 2. The standard InChI is InChI=1S/C31H38O10/c1-9-14(2)29(35)41-28-24-17(5)26(38-19(7)33)27(39-20(8)34)25-23-16(4)11-10-15(3)21(23)12-22(40-30(28)36)31(24,25)13-37-18(6)32/h10-11,14,17,22,24,26,28H,9,12-13H2,1-8H3/t14?,17-,22-,24-,26-,28-,31+/m1/s1. The molecule has 2 aliphatic carbocycles. The van der Waals surface area contributed by atoms with Crippen LogP contribution in [0.1, 0.15) is 70.2 Å². The fraction of sp³-hybridized carbons (Fsp3) is 0.581. The van der Waals surface area contributed by atoms with Crippen LogP contribution in [0.4, 0.5) is 0 Å². The number of fused-ring (bicyclic) bond motifs is 2. The molecule has 0 amide bonds. The molecule has 0 saturated carbocycles. The number of rotatable bonds is 7. The van der Waals surface area contributed by atoms with Crippen LogP contribution in [0.2, 0.25) is 0 Å². The van der Waals surface area contributed by atoms with E-state index < -0.39 is 71.3 Å². The third kappa shape index (κ3) is 5.13. The zero-order chi connectivity index (χ0) is 30.4. The van der Waals surface area contributed by atoms with Crippen LogP contribution < -0.4 is 0 Å². The summed E-state index contributed by atoms with van der Waals surface area (Å²) in [7, 11) is 0. The molecule has 0 aromatic heterocycles. The Balaban J connectivity index is 2.12. The molecule has 1 unspecified atom stereocenters. The van der Waals surface area contributed by atoms with Gasteiger partial charge >= 0.3 is 29.8 Å². The Bertz CT molecular complexity index is 1330. The van der Waals surface area contributed by atoms with E-state index in [0.717, 1.165) is 22.3 Å². The molecular weight excluding hydrogens is 532 g/mol. The molecule has 1 fully saturated rings. The van der Waals surface area contributed by atoms with Gasteiger partial charge in [0.05, 0.1) is 11.3 Å². The number of hydrogen-bond donors (Lipinski definition) is 0. The van der Waals surface area contributed by atoms with Crippen molar-refractivity contribution < 1.29 is 47.7 Å². The number of carbonyl (C=O) groups is 5. The van der Waals surface area contributed by atoms with Gasteiger partial charge in [-0.2, -0.15) is 0 Å². The predicted octanol–water partition coefficient (Wildman–Crippen LogP) is 3.76. The Morgan fingerprint density at radius 2 is 1.66 bits per heavy atom. The van der Waals surface area contributed by atoms with Crippen molar-refractivity contribution >= 4 is 35.4 Å². The van der Waals surface area contributed by atoms with Crippen molar-refractivity contribution in [2.75, 3.05) is 6.61 Å². The molecular formula is C31H38O10. The zero-order valence-electron chi connectivity index (χ0n) is 24.8. The minimum absolute atomic E-state index is 0.0909. The average molecular weight is 571 g/mol. The maximum Gasteiger partial charge on any atom is 0.348 e. The van der Waals surface area contributed by atoms with Crippen LogP contribution in [0.25, 0.3) is 5.57 Å². The second-order valence-electron chi connectivity index (χ2n) is 11.4. The van der Waals surface area contributed by atoms with Gasteiger partial charge in [-0.1, -0.05) is 32.9 Å². The monoisotopic (exact) mass is 570 g/mol. The zero-order valence-corrected chi connectivity index (χ0v) is 24.8. The SMILES string of the molecule is CCC(C)C(=O)O[C@H]1C(=O)O[C@@H]2Cc3c(C)ccc(C)c3C3=C(OC(C)=O)[C@H](OC(C)=O)[C@H](C)[C@H]1[C@@]32COC(C)=O. The van der Waals surface area contributed by atoms with E-state index in [4.69, 9.17) is 23.7 Å². The second kappa shape index (κ2) is 11.3. The second-order valence-corrected chi connectivity index (χ2v) is 11.4. The van der Waals surface area contributed by atoms with Gasteiger partial charge in [0.15, 0.2) is 11.9 Å². The van der Waals surface area contributed by atoms with E-state index in [9.17, 15) is 24.0 Å². The van der Waals surface area contributed by atoms with Crippen molar-refractivity contribution in [2.45, 2.75) is 86.5 Å². The molecule has 1 aromatic rings. The van der Waals surface area contributed by atoms with E-state index in [-0.39, 0.29) is 12.4 Å². The average Bonchev–Trinajstić information content (AvgIpc) is 2.89. The van der Waals surface area contributed by atoms with Crippen molar-refractivity contribution in [3.8, 4) is 0 Å². The molecule has 0 spiro atoms. The molecule has 7 atom stereocenters. The van der Waals surface area contributed by atoms with Crippen LogP contribution in [-0.4, -0.2) is 54.8 Å². The van der Waals surface area contributed by atoms with Crippen LogP contribution in [-0.2, 0) is 54.1 Å². The smallest absolute Gasteiger partial charge is 0.348 e. The van der Waals surface area contributed by atoms with Crippen molar-refractivity contribution in [1.29, 1.82) is 0 Å². The molecule has 10 nitrogen and oxygen atoms in total. The molecule has 4 rings (SSSR count). The van der Waals surface area contributed by atoms with Gasteiger partial charge in [0.25, 0.3) is 0 Å². The Labute approximate surface area is 239 Å². The van der Waals surface area contributed by atoms with Crippen molar-refractivity contribution in [2.24, 2.45) is 23.2 Å². The quantitative estimate of drug-likeness (QED) is 0.353. The van der Waals surface area contributed by atoms with E-state index >= 15 is 0 Å². The fourth-order valence-electron chi connectivity index (χ4n) is 6.68. The largest absolute Gasteiger partial charge is 0.465 e. The molecule has 10 heteroatoms. The van der Waals surface area contributed by atoms with Crippen molar-refractivity contribution in [1.82, 2.24) is 0 Å². The summed E-state index contributed by atoms with van der Waals surface area (Å²) >= 11 is 0. The van der Waals surface area contributed by atoms with Crippen molar-refractivity contribution in [3.63, 3.8) is 0 Å². The van der Waals surface area contributed by atoms with E-state index in [1.165, 1.54) is 20.8 Å². The lowest BCUT2D eigenvalue weighted by atomic mass is 9.50. The summed E-state index contributed by atoms with van der Waals surface area (Å²) in [6.07, 6.45) is -2.57. The Hall–Kier alpha value is -3.69. The molecule has 0 radical (unpaired) electrons. The highest BCUT2D eigenvalue weighted by Crippen LogP contribution is 2.63. The number of esters is 5. The number of carbonyl (C=O) groups excluding carboxylic acids is 5. The first-order valence-electron chi connectivity index (χ1n) is 14.0. The Morgan fingerprint density at radius 1 is 1.00 bits per heavy atom. The maximum absolute atomic E-state index is 13.7. The molecule has 222 valence electrons. The lowest BCUT2D eigenvalue weighted by Gasteiger charge is -2.59. The van der Waals surface area contributed by atoms with Gasteiger partial charge in [-0.05, 0) is 42.5 Å². The molecule has 41 heavy (non-hydrogen) atoms. The molecule has 1 heterocycles. The van der Waals surface area contributed by atoms with Gasteiger partial charge in [-0.3, -0.25) is 19.2 Å². The van der Waals surface area contributed by atoms with Gasteiger partial charge in [0.1, 0.15) is 12.7 Å². The first-order chi connectivity index (χ1) is 19.2. The minimum atomic E-state index is -1.39. The first-order valence-corrected chi connectivity index (χ1v) is 14.0. The predicted molar refractivity (Wildman–Crippen MR) is 145 cm³/mol. The number of hydrogen-bond acceptors (Lipinski definition) is 10. The van der Waals surface area contributed by atoms with Crippen molar-refractivity contribution in [3.05, 3.63) is 40.1 Å². The normalized spacial score (nSPS) is 28.9. The minimum Gasteiger partial charge on any atom is -0.465 e. The lowest BCUT2D eigenvalue weighted by molar-refractivity contribution is -0.220. The van der Waals surface area contributed by atoms with Crippen LogP contribution in [0.5, 0.6) is 0 Å². The topological polar surface area (TPSA) is 132 Å². The first kappa shape index (κ1) is 30.3. The van der Waals surface area contributed by atoms with E-state index in [1.54, 1.807) is 13.8 Å². The summed E-state index contributed by atoms with van der Waals surface area (Å²) < 4.78 is 29.3. The van der Waals surface area contributed by atoms with E-state index in [0.29, 0.717) is 18.4 Å². The van der Waals surface area contributed by atoms with Gasteiger partial charge in [0.2, 0.25) is 6.10 Å². The van der Waals surface area contributed by atoms with E-state index in [2.05, 4.69) is 0 Å². The van der Waals surface area contributed by atoms with Gasteiger partial charge < -0.3 is 23.7 Å².